The van der Waals surface area contributed by atoms with Crippen molar-refractivity contribution in [3.8, 4) is 5.75 Å². The summed E-state index contributed by atoms with van der Waals surface area (Å²) in [7, 11) is 0. The van der Waals surface area contributed by atoms with Crippen molar-refractivity contribution in [1.82, 2.24) is 5.32 Å². The van der Waals surface area contributed by atoms with Gasteiger partial charge in [0.05, 0.1) is 11.5 Å². The summed E-state index contributed by atoms with van der Waals surface area (Å²) in [6.07, 6.45) is -1.21. The lowest BCUT2D eigenvalue weighted by Gasteiger charge is -2.09. The number of benzene rings is 2. The Hall–Kier alpha value is -4.35. The van der Waals surface area contributed by atoms with E-state index < -0.39 is 23.2 Å². The molecule has 0 fully saturated rings. The number of amides is 3. The number of anilines is 1. The molecule has 0 aliphatic heterocycles. The second-order valence-corrected chi connectivity index (χ2v) is 5.99. The van der Waals surface area contributed by atoms with E-state index in [0.29, 0.717) is 24.2 Å². The van der Waals surface area contributed by atoms with Crippen molar-refractivity contribution in [2.75, 3.05) is 18.5 Å². The summed E-state index contributed by atoms with van der Waals surface area (Å²) in [5.74, 6) is 0.110. The fraction of sp³-hybridized carbons (Fsp3) is 0.211. The van der Waals surface area contributed by atoms with E-state index in [2.05, 4.69) is 10.6 Å². The average molecular weight is 432 g/mol. The monoisotopic (exact) mass is 432 g/mol. The van der Waals surface area contributed by atoms with Gasteiger partial charge in [-0.3, -0.25) is 15.4 Å². The molecule has 31 heavy (non-hydrogen) atoms. The Morgan fingerprint density at radius 2 is 1.68 bits per heavy atom. The molecule has 12 nitrogen and oxygen atoms in total. The number of hydrogen-bond donors (Lipinski definition) is 3. The van der Waals surface area contributed by atoms with Crippen molar-refractivity contribution >= 4 is 29.7 Å². The second kappa shape index (κ2) is 11.6. The Bertz CT molecular complexity index is 916. The third-order valence-electron chi connectivity index (χ3n) is 3.66. The Kier molecular flexibility index (Phi) is 8.58. The number of carbonyl (C=O) groups is 3. The van der Waals surface area contributed by atoms with Crippen molar-refractivity contribution < 1.29 is 33.5 Å². The minimum Gasteiger partial charge on any atom is -0.449 e. The zero-order valence-electron chi connectivity index (χ0n) is 16.2. The number of carbonyl (C=O) groups excluding carboxylic acids is 3. The number of non-ortho nitro benzene ring substituents is 1. The van der Waals surface area contributed by atoms with Crippen LogP contribution in [-0.4, -0.2) is 36.4 Å². The lowest BCUT2D eigenvalue weighted by Crippen LogP contribution is -2.30. The predicted octanol–water partition coefficient (Wildman–Crippen LogP) is 2.92. The van der Waals surface area contributed by atoms with Gasteiger partial charge >= 0.3 is 18.3 Å². The lowest BCUT2D eigenvalue weighted by molar-refractivity contribution is -0.384. The molecule has 0 saturated heterocycles. The molecule has 4 N–H and O–H groups in total. The normalized spacial score (nSPS) is 9.94. The number of nitro groups is 1. The van der Waals surface area contributed by atoms with Crippen LogP contribution < -0.4 is 21.1 Å². The van der Waals surface area contributed by atoms with Crippen molar-refractivity contribution in [1.29, 1.82) is 0 Å². The summed E-state index contributed by atoms with van der Waals surface area (Å²) >= 11 is 0. The zero-order valence-corrected chi connectivity index (χ0v) is 16.2. The van der Waals surface area contributed by atoms with E-state index in [0.717, 1.165) is 0 Å². The van der Waals surface area contributed by atoms with E-state index in [9.17, 15) is 24.5 Å². The van der Waals surface area contributed by atoms with Crippen LogP contribution in [0.4, 0.5) is 25.8 Å². The second-order valence-electron chi connectivity index (χ2n) is 5.99. The maximum absolute atomic E-state index is 11.7. The van der Waals surface area contributed by atoms with E-state index in [1.165, 1.54) is 24.3 Å². The fourth-order valence-electron chi connectivity index (χ4n) is 2.19. The molecule has 0 atom stereocenters. The molecule has 2 rings (SSSR count). The Morgan fingerprint density at radius 3 is 2.29 bits per heavy atom. The molecule has 0 aromatic heterocycles. The highest BCUT2D eigenvalue weighted by Gasteiger charge is 2.10. The summed E-state index contributed by atoms with van der Waals surface area (Å²) in [5.41, 5.74) is 5.89. The number of urea groups is 1. The highest BCUT2D eigenvalue weighted by molar-refractivity contribution is 5.84. The zero-order chi connectivity index (χ0) is 22.6. The van der Waals surface area contributed by atoms with Crippen molar-refractivity contribution in [3.05, 3.63) is 64.2 Å². The van der Waals surface area contributed by atoms with E-state index in [1.54, 1.807) is 24.3 Å². The summed E-state index contributed by atoms with van der Waals surface area (Å²) in [5, 5.41) is 15.5. The van der Waals surface area contributed by atoms with Crippen LogP contribution in [0.3, 0.4) is 0 Å². The number of nitrogens with two attached hydrogens (primary N) is 1. The Morgan fingerprint density at radius 1 is 1.00 bits per heavy atom. The van der Waals surface area contributed by atoms with Crippen molar-refractivity contribution in [3.63, 3.8) is 0 Å². The molecular weight excluding hydrogens is 412 g/mol. The van der Waals surface area contributed by atoms with Gasteiger partial charge in [0.25, 0.3) is 5.69 Å². The first kappa shape index (κ1) is 22.9. The molecule has 0 aliphatic carbocycles. The van der Waals surface area contributed by atoms with Gasteiger partial charge in [0.15, 0.2) is 0 Å². The van der Waals surface area contributed by atoms with Gasteiger partial charge < -0.3 is 25.3 Å². The van der Waals surface area contributed by atoms with Gasteiger partial charge in [-0.05, 0) is 36.2 Å². The quantitative estimate of drug-likeness (QED) is 0.178. The van der Waals surface area contributed by atoms with Crippen LogP contribution in [-0.2, 0) is 16.1 Å². The third kappa shape index (κ3) is 8.68. The van der Waals surface area contributed by atoms with E-state index in [-0.39, 0.29) is 24.7 Å². The van der Waals surface area contributed by atoms with Crippen LogP contribution >= 0.6 is 0 Å². The molecule has 164 valence electrons. The highest BCUT2D eigenvalue weighted by atomic mass is 16.7. The predicted molar refractivity (Wildman–Crippen MR) is 108 cm³/mol. The maximum Gasteiger partial charge on any atom is 0.514 e. The van der Waals surface area contributed by atoms with Gasteiger partial charge in [-0.1, -0.05) is 12.1 Å². The van der Waals surface area contributed by atoms with Crippen LogP contribution in [0, 0.1) is 10.1 Å². The minimum absolute atomic E-state index is 0.0800. The molecular formula is C19H20N4O8. The minimum atomic E-state index is -0.967. The number of nitrogens with one attached hydrogen (secondary N) is 2. The van der Waals surface area contributed by atoms with Gasteiger partial charge in [-0.25, -0.2) is 14.4 Å². The number of ether oxygens (including phenoxy) is 3. The van der Waals surface area contributed by atoms with Gasteiger partial charge in [0.2, 0.25) is 0 Å². The highest BCUT2D eigenvalue weighted by Crippen LogP contribution is 2.18. The molecule has 0 heterocycles. The maximum atomic E-state index is 11.7. The average Bonchev–Trinajstić information content (AvgIpc) is 2.73. The molecule has 2 aromatic carbocycles. The van der Waals surface area contributed by atoms with Gasteiger partial charge in [0.1, 0.15) is 12.4 Å². The molecule has 0 spiro atoms. The molecule has 2 aromatic rings. The number of nitrogens with zero attached hydrogens (tertiary/aromatic N) is 1. The molecule has 0 radical (unpaired) electrons. The van der Waals surface area contributed by atoms with Crippen LogP contribution in [0.25, 0.3) is 0 Å². The molecule has 0 unspecified atom stereocenters. The van der Waals surface area contributed by atoms with E-state index in [4.69, 9.17) is 19.9 Å². The van der Waals surface area contributed by atoms with E-state index in [1.807, 2.05) is 0 Å². The first-order valence-electron chi connectivity index (χ1n) is 8.98. The smallest absolute Gasteiger partial charge is 0.449 e. The van der Waals surface area contributed by atoms with Crippen molar-refractivity contribution in [2.45, 2.75) is 13.0 Å². The Labute approximate surface area is 176 Å². The first-order chi connectivity index (χ1) is 14.8. The number of hydrogen-bond acceptors (Lipinski definition) is 8. The molecule has 3 amide bonds. The summed E-state index contributed by atoms with van der Waals surface area (Å²) in [6, 6.07) is 10.8. The topological polar surface area (TPSA) is 172 Å². The number of rotatable bonds is 9. The van der Waals surface area contributed by atoms with Gasteiger partial charge in [-0.2, -0.15) is 0 Å². The Balaban J connectivity index is 1.70. The lowest BCUT2D eigenvalue weighted by atomic mass is 10.2. The van der Waals surface area contributed by atoms with Crippen LogP contribution in [0.1, 0.15) is 12.0 Å². The molecule has 12 heteroatoms. The SMILES string of the molecule is NC(=O)NCCCOC(=O)Nc1ccc(COC(=O)Oc2ccc([N+](=O)[O-])cc2)cc1. The molecule has 0 saturated carbocycles. The number of nitro benzene ring substituents is 1. The van der Waals surface area contributed by atoms with Gasteiger partial charge in [-0.15, -0.1) is 0 Å². The van der Waals surface area contributed by atoms with E-state index >= 15 is 0 Å². The largest absolute Gasteiger partial charge is 0.514 e. The van der Waals surface area contributed by atoms with Gasteiger partial charge in [0, 0.05) is 24.4 Å². The fourth-order valence-corrected chi connectivity index (χ4v) is 2.19. The summed E-state index contributed by atoms with van der Waals surface area (Å²) in [4.78, 5) is 43.9. The van der Waals surface area contributed by atoms with Crippen LogP contribution in [0.15, 0.2) is 48.5 Å². The standard InChI is InChI=1S/C19H20N4O8/c20-17(24)21-10-1-11-29-18(25)22-14-4-2-13(3-5-14)12-30-19(26)31-16-8-6-15(7-9-16)23(27)28/h2-9H,1,10-12H2,(H,22,25)(H3,20,21,24). The molecule has 0 aliphatic rings. The molecule has 0 bridgehead atoms. The third-order valence-corrected chi connectivity index (χ3v) is 3.66. The first-order valence-corrected chi connectivity index (χ1v) is 8.98. The van der Waals surface area contributed by atoms with Crippen molar-refractivity contribution in [2.24, 2.45) is 5.73 Å². The van der Waals surface area contributed by atoms with Crippen LogP contribution in [0.5, 0.6) is 5.75 Å². The number of primary amides is 1. The summed E-state index contributed by atoms with van der Waals surface area (Å²) < 4.78 is 14.9. The van der Waals surface area contributed by atoms with Crippen LogP contribution in [0.2, 0.25) is 0 Å². The summed E-state index contributed by atoms with van der Waals surface area (Å²) in [6.45, 7) is 0.322.